The Bertz CT molecular complexity index is 271. The molecule has 1 saturated heterocycles. The molecule has 0 aromatic heterocycles. The van der Waals surface area contributed by atoms with Gasteiger partial charge in [-0.05, 0) is 36.4 Å². The van der Waals surface area contributed by atoms with Crippen molar-refractivity contribution in [3.8, 4) is 0 Å². The van der Waals surface area contributed by atoms with Crippen molar-refractivity contribution in [1.82, 2.24) is 0 Å². The first-order valence-electron chi connectivity index (χ1n) is 5.23. The summed E-state index contributed by atoms with van der Waals surface area (Å²) >= 11 is 2.75. The van der Waals surface area contributed by atoms with E-state index in [4.69, 9.17) is 4.74 Å². The van der Waals surface area contributed by atoms with E-state index in [0.29, 0.717) is 12.8 Å². The van der Waals surface area contributed by atoms with Gasteiger partial charge in [-0.15, -0.1) is 0 Å². The van der Waals surface area contributed by atoms with Crippen LogP contribution in [0.4, 0.5) is 0 Å². The third-order valence-electron chi connectivity index (χ3n) is 2.44. The Balaban J connectivity index is 0.000000921. The molecule has 2 atom stereocenters. The zero-order chi connectivity index (χ0) is 12.3. The topological polar surface area (TPSA) is 43.4 Å². The Morgan fingerprint density at radius 1 is 1.33 bits per heavy atom. The summed E-state index contributed by atoms with van der Waals surface area (Å²) in [5, 5.41) is 0. The molecular formula is C9H20Al2O3S. The first kappa shape index (κ1) is 16.0. The van der Waals surface area contributed by atoms with Gasteiger partial charge in [0.15, 0.2) is 0 Å². The van der Waals surface area contributed by atoms with E-state index in [9.17, 15) is 8.42 Å². The van der Waals surface area contributed by atoms with Crippen LogP contribution in [-0.4, -0.2) is 47.9 Å². The summed E-state index contributed by atoms with van der Waals surface area (Å²) < 4.78 is 27.3. The second kappa shape index (κ2) is 6.06. The molecule has 86 valence electrons. The standard InChI is InChI=1S/C8H14O3S.CH3.2Al.3H/c1-7(2)6-8(3,12(9)10)4-5-11-7;;;;;;/h5H,4,6H2,1-3H3;1H3;;;;;/q-1;;;+1;;;. The molecular weight excluding hydrogens is 242 g/mol. The number of hydrogen-bond acceptors (Lipinski definition) is 4. The molecule has 1 aliphatic rings. The number of rotatable bonds is 1. The van der Waals surface area contributed by atoms with Crippen molar-refractivity contribution in [2.45, 2.75) is 54.7 Å². The normalized spacial score (nSPS) is 34.3. The van der Waals surface area contributed by atoms with E-state index in [0.717, 1.165) is 16.3 Å². The number of ether oxygens (including phenoxy) is 1. The summed E-state index contributed by atoms with van der Waals surface area (Å²) in [6.07, 6.45) is 1.24. The van der Waals surface area contributed by atoms with Gasteiger partial charge in [0.05, 0.1) is 5.60 Å². The molecule has 6 heteroatoms. The Morgan fingerprint density at radius 3 is 2.13 bits per heavy atom. The molecule has 0 bridgehead atoms. The predicted octanol–water partition coefficient (Wildman–Crippen LogP) is 0.538. The summed E-state index contributed by atoms with van der Waals surface area (Å²) in [7, 11) is -1.99. The van der Waals surface area contributed by atoms with Crippen molar-refractivity contribution in [2.24, 2.45) is 0 Å². The minimum atomic E-state index is -1.99. The zero-order valence-electron chi connectivity index (χ0n) is 10.3. The molecule has 0 amide bonds. The second-order valence-corrected chi connectivity index (χ2v) is 7.50. The molecule has 1 heterocycles. The summed E-state index contributed by atoms with van der Waals surface area (Å²) in [4.78, 5) is 0.159. The van der Waals surface area contributed by atoms with Crippen LogP contribution in [0.2, 0.25) is 5.79 Å². The van der Waals surface area contributed by atoms with E-state index in [1.807, 2.05) is 42.8 Å². The molecule has 0 radical (unpaired) electrons. The molecule has 0 spiro atoms. The van der Waals surface area contributed by atoms with Gasteiger partial charge >= 0.3 is 22.1 Å². The maximum atomic E-state index is 11.1. The zero-order valence-corrected chi connectivity index (χ0v) is 14.6. The first-order chi connectivity index (χ1) is 6.75. The van der Waals surface area contributed by atoms with Gasteiger partial charge in [-0.25, -0.2) is 0 Å². The third-order valence-corrected chi connectivity index (χ3v) is 4.20. The van der Waals surface area contributed by atoms with E-state index in [-0.39, 0.29) is 10.6 Å². The molecule has 0 saturated carbocycles. The van der Waals surface area contributed by atoms with Crippen LogP contribution < -0.4 is 0 Å². The van der Waals surface area contributed by atoms with Crippen LogP contribution in [0.25, 0.3) is 0 Å². The van der Waals surface area contributed by atoms with E-state index in [1.54, 1.807) is 0 Å². The molecule has 1 rings (SSSR count). The molecule has 0 aromatic rings. The molecule has 1 fully saturated rings. The van der Waals surface area contributed by atoms with Gasteiger partial charge in [0.2, 0.25) is 0 Å². The van der Waals surface area contributed by atoms with E-state index < -0.39 is 15.5 Å². The van der Waals surface area contributed by atoms with Crippen molar-refractivity contribution in [1.29, 1.82) is 0 Å². The van der Waals surface area contributed by atoms with Gasteiger partial charge in [0.1, 0.15) is 0 Å². The van der Waals surface area contributed by atoms with Crippen LogP contribution in [0.5, 0.6) is 0 Å². The quantitative estimate of drug-likeness (QED) is 0.511. The molecule has 0 N–H and O–H groups in total. The van der Waals surface area contributed by atoms with Crippen LogP contribution >= 0.6 is 0 Å². The molecule has 1 aliphatic heterocycles. The van der Waals surface area contributed by atoms with Gasteiger partial charge in [-0.2, -0.15) is 0 Å². The molecule has 3 nitrogen and oxygen atoms in total. The monoisotopic (exact) mass is 262 g/mol. The predicted molar refractivity (Wildman–Crippen MR) is 66.9 cm³/mol. The summed E-state index contributed by atoms with van der Waals surface area (Å²) in [5.74, 6) is 2.03. The summed E-state index contributed by atoms with van der Waals surface area (Å²) in [6.45, 7) is 5.73. The average molecular weight is 262 g/mol. The molecule has 0 aromatic carbocycles. The van der Waals surface area contributed by atoms with Crippen LogP contribution in [0.15, 0.2) is 0 Å². The van der Waals surface area contributed by atoms with Crippen LogP contribution in [-0.2, 0) is 23.9 Å². The Hall–Kier alpha value is 0.975. The Kier molecular flexibility index (Phi) is 6.45. The third kappa shape index (κ3) is 4.78. The van der Waals surface area contributed by atoms with Crippen LogP contribution in [0, 0.1) is 0 Å². The van der Waals surface area contributed by atoms with Crippen LogP contribution in [0.3, 0.4) is 0 Å². The maximum absolute atomic E-state index is 11.1. The van der Waals surface area contributed by atoms with Crippen molar-refractivity contribution in [2.75, 3.05) is 0 Å². The number of hydrogen-bond donors (Lipinski definition) is 0. The fourth-order valence-electron chi connectivity index (χ4n) is 2.34. The van der Waals surface area contributed by atoms with Gasteiger partial charge in [-0.3, -0.25) is 0 Å². The van der Waals surface area contributed by atoms with E-state index >= 15 is 0 Å². The van der Waals surface area contributed by atoms with Gasteiger partial charge in [0, 0.05) is 0 Å². The Labute approximate surface area is 111 Å². The van der Waals surface area contributed by atoms with Crippen molar-refractivity contribution in [3.63, 3.8) is 0 Å². The van der Waals surface area contributed by atoms with Crippen molar-refractivity contribution >= 4 is 43.3 Å². The average Bonchev–Trinajstić information content (AvgIpc) is 2.02. The SMILES string of the molecule is CC1(C)CC(C)([S-](=O)=O)C[CH]([AlH2])O1.[CH3][AlH+]. The minimum absolute atomic E-state index is 0.159. The van der Waals surface area contributed by atoms with Gasteiger partial charge in [0.25, 0.3) is 16.3 Å². The fraction of sp³-hybridized carbons (Fsp3) is 1.00. The van der Waals surface area contributed by atoms with E-state index in [2.05, 4.69) is 0 Å². The first-order valence-corrected chi connectivity index (χ1v) is 8.87. The summed E-state index contributed by atoms with van der Waals surface area (Å²) in [5.41, 5.74) is -0.292. The van der Waals surface area contributed by atoms with Gasteiger partial charge < -0.3 is 13.2 Å². The van der Waals surface area contributed by atoms with E-state index in [1.165, 1.54) is 0 Å². The summed E-state index contributed by atoms with van der Waals surface area (Å²) in [6, 6.07) is 0. The second-order valence-electron chi connectivity index (χ2n) is 4.75. The molecule has 2 unspecified atom stereocenters. The fourth-order valence-corrected chi connectivity index (χ4v) is 5.01. The van der Waals surface area contributed by atoms with Crippen molar-refractivity contribution in [3.05, 3.63) is 0 Å². The van der Waals surface area contributed by atoms with Crippen molar-refractivity contribution < 1.29 is 13.2 Å². The van der Waals surface area contributed by atoms with Crippen LogP contribution in [0.1, 0.15) is 33.6 Å². The Morgan fingerprint density at radius 2 is 1.80 bits per heavy atom. The molecule has 15 heavy (non-hydrogen) atoms. The molecule has 0 aliphatic carbocycles. The van der Waals surface area contributed by atoms with Gasteiger partial charge in [-0.1, -0.05) is 17.6 Å².